The molecule has 0 aromatic heterocycles. The molecule has 226 valence electrons. The van der Waals surface area contributed by atoms with Gasteiger partial charge in [0.2, 0.25) is 40.7 Å². The van der Waals surface area contributed by atoms with Crippen molar-refractivity contribution in [3.63, 3.8) is 0 Å². The third kappa shape index (κ3) is 5.65. The van der Waals surface area contributed by atoms with Gasteiger partial charge in [-0.1, -0.05) is 56.3 Å². The van der Waals surface area contributed by atoms with Crippen LogP contribution in [0, 0.1) is 35.0 Å². The molecule has 1 aliphatic carbocycles. The van der Waals surface area contributed by atoms with Gasteiger partial charge in [0.15, 0.2) is 0 Å². The monoisotopic (exact) mass is 602 g/mol. The van der Waals surface area contributed by atoms with Gasteiger partial charge >= 0.3 is 12.1 Å². The first-order valence-electron chi connectivity index (χ1n) is 13.7. The molecular formula is C31H27F5N2O5. The Morgan fingerprint density at radius 1 is 0.907 bits per heavy atom. The van der Waals surface area contributed by atoms with Crippen molar-refractivity contribution in [2.75, 3.05) is 6.54 Å². The van der Waals surface area contributed by atoms with Crippen LogP contribution in [0.2, 0.25) is 0 Å². The quantitative estimate of drug-likeness (QED) is 0.0951. The zero-order chi connectivity index (χ0) is 31.0. The zero-order valence-corrected chi connectivity index (χ0v) is 23.2. The van der Waals surface area contributed by atoms with Gasteiger partial charge in [0, 0.05) is 6.54 Å². The Hall–Kier alpha value is -4.48. The molecule has 3 aromatic rings. The van der Waals surface area contributed by atoms with Gasteiger partial charge in [-0.2, -0.15) is 8.78 Å². The van der Waals surface area contributed by atoms with E-state index in [1.54, 1.807) is 13.8 Å². The average molecular weight is 603 g/mol. The summed E-state index contributed by atoms with van der Waals surface area (Å²) in [5, 5.41) is 2.53. The maximum atomic E-state index is 14.1. The van der Waals surface area contributed by atoms with Crippen molar-refractivity contribution in [3.8, 4) is 16.9 Å². The van der Waals surface area contributed by atoms with Crippen LogP contribution in [0.5, 0.6) is 5.75 Å². The summed E-state index contributed by atoms with van der Waals surface area (Å²) in [6.07, 6.45) is 0.118. The number of hydrogen-bond donors (Lipinski definition) is 1. The van der Waals surface area contributed by atoms with Crippen LogP contribution in [0.3, 0.4) is 0 Å². The summed E-state index contributed by atoms with van der Waals surface area (Å²) in [4.78, 5) is 40.1. The number of halogens is 5. The summed E-state index contributed by atoms with van der Waals surface area (Å²) < 4.78 is 78.7. The number of ether oxygens (including phenoxy) is 2. The van der Waals surface area contributed by atoms with Gasteiger partial charge < -0.3 is 19.7 Å². The molecule has 5 rings (SSSR count). The first-order valence-corrected chi connectivity index (χ1v) is 13.7. The molecule has 1 aliphatic heterocycles. The Morgan fingerprint density at radius 3 is 2.26 bits per heavy atom. The van der Waals surface area contributed by atoms with Crippen molar-refractivity contribution in [1.82, 2.24) is 10.2 Å². The van der Waals surface area contributed by atoms with Crippen molar-refractivity contribution >= 4 is 18.0 Å². The van der Waals surface area contributed by atoms with E-state index in [1.807, 2.05) is 42.5 Å². The molecule has 12 heteroatoms. The molecule has 1 heterocycles. The number of esters is 1. The molecule has 3 aromatic carbocycles. The van der Waals surface area contributed by atoms with Gasteiger partial charge in [-0.25, -0.2) is 22.8 Å². The highest BCUT2D eigenvalue weighted by atomic mass is 19.2. The first kappa shape index (κ1) is 30.0. The van der Waals surface area contributed by atoms with Gasteiger partial charge in [-0.3, -0.25) is 4.79 Å². The largest absolute Gasteiger partial charge is 0.445 e. The number of benzene rings is 3. The maximum Gasteiger partial charge on any atom is 0.408 e. The lowest BCUT2D eigenvalue weighted by atomic mass is 10.0. The lowest BCUT2D eigenvalue weighted by Crippen LogP contribution is -2.54. The fourth-order valence-electron chi connectivity index (χ4n) is 5.48. The second-order valence-electron chi connectivity index (χ2n) is 10.7. The highest BCUT2D eigenvalue weighted by molar-refractivity contribution is 5.91. The van der Waals surface area contributed by atoms with Gasteiger partial charge in [0.1, 0.15) is 18.7 Å². The number of amides is 2. The summed E-state index contributed by atoms with van der Waals surface area (Å²) in [6.45, 7) is 3.29. The lowest BCUT2D eigenvalue weighted by molar-refractivity contribution is -0.147. The Bertz CT molecular complexity index is 1580. The summed E-state index contributed by atoms with van der Waals surface area (Å²) in [5.74, 6) is -15.8. The Balaban J connectivity index is 1.25. The van der Waals surface area contributed by atoms with E-state index in [0.29, 0.717) is 12.8 Å². The number of carbonyl (C=O) groups is 3. The van der Waals surface area contributed by atoms with Crippen molar-refractivity contribution in [2.45, 2.75) is 51.8 Å². The number of nitrogens with one attached hydrogen (secondary N) is 1. The molecule has 0 radical (unpaired) electrons. The first-order chi connectivity index (χ1) is 20.5. The second-order valence-corrected chi connectivity index (χ2v) is 10.7. The van der Waals surface area contributed by atoms with E-state index < -0.39 is 70.8 Å². The number of likely N-dealkylation sites (tertiary alicyclic amines) is 1. The van der Waals surface area contributed by atoms with Crippen LogP contribution in [-0.4, -0.2) is 41.5 Å². The number of hydrogen-bond acceptors (Lipinski definition) is 5. The molecule has 0 bridgehead atoms. The molecule has 1 N–H and O–H groups in total. The van der Waals surface area contributed by atoms with Crippen LogP contribution < -0.4 is 10.1 Å². The number of alkyl carbamates (subject to hydrolysis) is 1. The second kappa shape index (κ2) is 12.0. The smallest absolute Gasteiger partial charge is 0.408 e. The molecule has 1 fully saturated rings. The maximum absolute atomic E-state index is 14.1. The van der Waals surface area contributed by atoms with E-state index in [2.05, 4.69) is 10.1 Å². The van der Waals surface area contributed by atoms with Crippen molar-refractivity contribution in [3.05, 3.63) is 88.2 Å². The topological polar surface area (TPSA) is 84.9 Å². The van der Waals surface area contributed by atoms with E-state index in [4.69, 9.17) is 4.74 Å². The van der Waals surface area contributed by atoms with Gasteiger partial charge in [-0.15, -0.1) is 0 Å². The zero-order valence-electron chi connectivity index (χ0n) is 23.2. The van der Waals surface area contributed by atoms with E-state index in [0.717, 1.165) is 27.2 Å². The minimum atomic E-state index is -2.40. The highest BCUT2D eigenvalue weighted by Crippen LogP contribution is 2.38. The summed E-state index contributed by atoms with van der Waals surface area (Å²) in [6, 6.07) is 11.2. The Kier molecular flexibility index (Phi) is 8.38. The van der Waals surface area contributed by atoms with Crippen molar-refractivity contribution < 1.29 is 45.8 Å². The number of rotatable bonds is 7. The fraction of sp³-hybridized carbons (Fsp3) is 0.323. The summed E-state index contributed by atoms with van der Waals surface area (Å²) in [5.41, 5.74) is 5.20. The average Bonchev–Trinajstić information content (AvgIpc) is 3.64. The standard InChI is InChI=1S/C31H27F5N2O5/c1-15(2)27(37-31(41)42-14-17-8-5-10-19-18-9-4-3-7-16(18)13-20(17)19)29(39)38-12-6-11-21(38)30(40)43-28-25(35)23(33)22(32)24(34)26(28)36/h3-5,7-10,15,21,27H,6,11-14H2,1-2H3,(H,37,41)/t21-,27-/m0/s1. The van der Waals surface area contributed by atoms with Crippen LogP contribution in [0.25, 0.3) is 11.1 Å². The van der Waals surface area contributed by atoms with E-state index in [9.17, 15) is 36.3 Å². The lowest BCUT2D eigenvalue weighted by Gasteiger charge is -2.29. The van der Waals surface area contributed by atoms with E-state index in [-0.39, 0.29) is 19.6 Å². The minimum Gasteiger partial charge on any atom is -0.445 e. The molecule has 0 spiro atoms. The number of nitrogens with zero attached hydrogens (tertiary/aromatic N) is 1. The number of carbonyl (C=O) groups excluding carboxylic acids is 3. The SMILES string of the molecule is CC(C)[C@H](NC(=O)OCc1cccc2c1Cc1ccccc1-2)C(=O)N1CCC[C@H]1C(=O)Oc1c(F)c(F)c(F)c(F)c1F. The molecule has 1 saturated heterocycles. The van der Waals surface area contributed by atoms with Crippen LogP contribution in [0.4, 0.5) is 26.7 Å². The van der Waals surface area contributed by atoms with Crippen molar-refractivity contribution in [1.29, 1.82) is 0 Å². The van der Waals surface area contributed by atoms with Gasteiger partial charge in [0.25, 0.3) is 0 Å². The molecule has 43 heavy (non-hydrogen) atoms. The molecule has 2 aliphatic rings. The van der Waals surface area contributed by atoms with Crippen LogP contribution in [-0.2, 0) is 27.4 Å². The molecule has 0 saturated carbocycles. The molecule has 0 unspecified atom stereocenters. The predicted molar refractivity (Wildman–Crippen MR) is 143 cm³/mol. The summed E-state index contributed by atoms with van der Waals surface area (Å²) in [7, 11) is 0. The molecule has 7 nitrogen and oxygen atoms in total. The van der Waals surface area contributed by atoms with Crippen molar-refractivity contribution in [2.24, 2.45) is 5.92 Å². The third-order valence-electron chi connectivity index (χ3n) is 7.69. The third-order valence-corrected chi connectivity index (χ3v) is 7.69. The minimum absolute atomic E-state index is 0.0107. The molecule has 2 atom stereocenters. The summed E-state index contributed by atoms with van der Waals surface area (Å²) >= 11 is 0. The van der Waals surface area contributed by atoms with Crippen LogP contribution in [0.1, 0.15) is 43.4 Å². The van der Waals surface area contributed by atoms with Gasteiger partial charge in [0.05, 0.1) is 0 Å². The number of fused-ring (bicyclic) bond motifs is 3. The molecular weight excluding hydrogens is 575 g/mol. The normalized spacial score (nSPS) is 16.1. The Labute approximate surface area is 243 Å². The van der Waals surface area contributed by atoms with Crippen LogP contribution in [0.15, 0.2) is 42.5 Å². The highest BCUT2D eigenvalue weighted by Gasteiger charge is 2.41. The van der Waals surface area contributed by atoms with Crippen LogP contribution >= 0.6 is 0 Å². The fourth-order valence-corrected chi connectivity index (χ4v) is 5.48. The van der Waals surface area contributed by atoms with E-state index >= 15 is 0 Å². The van der Waals surface area contributed by atoms with E-state index in [1.165, 1.54) is 5.56 Å². The molecule has 2 amide bonds. The van der Waals surface area contributed by atoms with Gasteiger partial charge in [-0.05, 0) is 53.0 Å². The Morgan fingerprint density at radius 2 is 1.56 bits per heavy atom. The predicted octanol–water partition coefficient (Wildman–Crippen LogP) is 5.80.